The number of nitrogens with two attached hydrogens (primary N) is 1. The van der Waals surface area contributed by atoms with E-state index in [4.69, 9.17) is 5.73 Å². The highest BCUT2D eigenvalue weighted by Gasteiger charge is 2.65. The maximum Gasteiger partial charge on any atom is 0.272 e. The quantitative estimate of drug-likeness (QED) is 0.501. The number of likely N-dealkylation sites (N-methyl/N-ethyl adjacent to an activating group) is 1. The van der Waals surface area contributed by atoms with Crippen molar-refractivity contribution in [1.29, 1.82) is 0 Å². The molecule has 1 amide bonds. The summed E-state index contributed by atoms with van der Waals surface area (Å²) in [7, 11) is 4.45. The van der Waals surface area contributed by atoms with Gasteiger partial charge in [0, 0.05) is 19.3 Å². The lowest BCUT2D eigenvalue weighted by Gasteiger charge is -2.68. The van der Waals surface area contributed by atoms with Gasteiger partial charge in [0.05, 0.1) is 14.1 Å². The second-order valence-corrected chi connectivity index (χ2v) is 9.16. The number of rotatable bonds is 3. The first-order valence-electron chi connectivity index (χ1n) is 7.69. The van der Waals surface area contributed by atoms with Gasteiger partial charge in [0.2, 0.25) is 0 Å². The number of hydrogen-bond donors (Lipinski definition) is 1. The Bertz CT molecular complexity index is 416. The summed E-state index contributed by atoms with van der Waals surface area (Å²) in [6.07, 6.45) is 8.06. The molecule has 0 aromatic rings. The van der Waals surface area contributed by atoms with Crippen LogP contribution in [0.25, 0.3) is 0 Å². The Kier molecular flexibility index (Phi) is 3.78. The van der Waals surface area contributed by atoms with Crippen molar-refractivity contribution in [2.24, 2.45) is 22.5 Å². The topological polar surface area (TPSA) is 43.1 Å². The third-order valence-electron chi connectivity index (χ3n) is 6.43. The Hall–Kier alpha value is 0.160. The molecule has 4 rings (SSSR count). The summed E-state index contributed by atoms with van der Waals surface area (Å²) in [4.78, 5) is 11.5. The first kappa shape index (κ1) is 16.5. The molecule has 0 aromatic carbocycles. The van der Waals surface area contributed by atoms with E-state index in [1.807, 2.05) is 0 Å². The Morgan fingerprint density at radius 2 is 1.60 bits per heavy atom. The van der Waals surface area contributed by atoms with E-state index in [9.17, 15) is 4.79 Å². The third kappa shape index (κ3) is 2.40. The van der Waals surface area contributed by atoms with Gasteiger partial charge in [-0.1, -0.05) is 13.8 Å². The molecule has 0 heterocycles. The van der Waals surface area contributed by atoms with Crippen LogP contribution in [0.5, 0.6) is 0 Å². The van der Waals surface area contributed by atoms with E-state index in [-0.39, 0.29) is 35.4 Å². The van der Waals surface area contributed by atoms with E-state index in [1.165, 1.54) is 38.5 Å². The van der Waals surface area contributed by atoms with Crippen LogP contribution in [-0.4, -0.2) is 36.6 Å². The fraction of sp³-hybridized carbons (Fsp3) is 0.938. The number of primary amides is 1. The summed E-state index contributed by atoms with van der Waals surface area (Å²) in [5, 5.41) is 0. The second-order valence-electron chi connectivity index (χ2n) is 9.16. The summed E-state index contributed by atoms with van der Waals surface area (Å²) in [5.74, 6) is 0.715. The molecule has 4 aliphatic carbocycles. The molecule has 2 unspecified atom stereocenters. The zero-order valence-electron chi connectivity index (χ0n) is 13.3. The van der Waals surface area contributed by atoms with Crippen LogP contribution in [0, 0.1) is 16.7 Å². The molecular formula is C16H29IN2O. The normalized spacial score (nSPS) is 46.1. The van der Waals surface area contributed by atoms with Crippen molar-refractivity contribution < 1.29 is 33.3 Å². The highest BCUT2D eigenvalue weighted by atomic mass is 127. The minimum atomic E-state index is -0.156. The van der Waals surface area contributed by atoms with Crippen LogP contribution >= 0.6 is 0 Å². The molecule has 4 heteroatoms. The molecule has 0 spiro atoms. The third-order valence-corrected chi connectivity index (χ3v) is 6.43. The minimum absolute atomic E-state index is 0. The summed E-state index contributed by atoms with van der Waals surface area (Å²) >= 11 is 0. The molecule has 4 aliphatic rings. The molecule has 4 fully saturated rings. The molecule has 0 saturated heterocycles. The van der Waals surface area contributed by atoms with E-state index in [0.717, 1.165) is 10.4 Å². The van der Waals surface area contributed by atoms with Crippen LogP contribution in [0.15, 0.2) is 0 Å². The summed E-state index contributed by atoms with van der Waals surface area (Å²) in [6, 6.07) is 0. The van der Waals surface area contributed by atoms with Gasteiger partial charge in [-0.05, 0) is 36.0 Å². The van der Waals surface area contributed by atoms with Crippen LogP contribution in [0.2, 0.25) is 0 Å². The standard InChI is InChI=1S/C16H28N2O.HI/c1-14-5-12-6-15(2,9-14)11-16(7-12,10-14)18(3,4)8-13(17)19;/h12H,5-11H2,1-4H3,(H-,17,19);1H. The number of carbonyl (C=O) groups excluding carboxylic acids is 1. The van der Waals surface area contributed by atoms with Crippen molar-refractivity contribution >= 4 is 5.91 Å². The maximum atomic E-state index is 11.5. The maximum absolute atomic E-state index is 11.5. The number of halogens is 1. The minimum Gasteiger partial charge on any atom is -1.00 e. The van der Waals surface area contributed by atoms with Gasteiger partial charge >= 0.3 is 0 Å². The lowest BCUT2D eigenvalue weighted by atomic mass is 9.42. The molecule has 3 nitrogen and oxygen atoms in total. The molecule has 0 radical (unpaired) electrons. The van der Waals surface area contributed by atoms with Crippen molar-refractivity contribution in [3.8, 4) is 0 Å². The van der Waals surface area contributed by atoms with E-state index < -0.39 is 0 Å². The SMILES string of the molecule is CC12CC3CC(C)(C1)CC([N+](C)(C)CC(N)=O)(C3)C2.[I-]. The first-order valence-corrected chi connectivity index (χ1v) is 7.69. The van der Waals surface area contributed by atoms with E-state index in [0.29, 0.717) is 17.4 Å². The molecule has 0 aliphatic heterocycles. The predicted molar refractivity (Wildman–Crippen MR) is 76.3 cm³/mol. The molecular weight excluding hydrogens is 363 g/mol. The average molecular weight is 392 g/mol. The average Bonchev–Trinajstić information content (AvgIpc) is 2.07. The number of carbonyl (C=O) groups is 1. The molecule has 2 N–H and O–H groups in total. The number of nitrogens with zero attached hydrogens (tertiary/aromatic N) is 1. The van der Waals surface area contributed by atoms with Crippen LogP contribution in [0.4, 0.5) is 0 Å². The van der Waals surface area contributed by atoms with Gasteiger partial charge < -0.3 is 34.2 Å². The molecule has 2 atom stereocenters. The fourth-order valence-electron chi connectivity index (χ4n) is 6.62. The van der Waals surface area contributed by atoms with Crippen molar-refractivity contribution in [1.82, 2.24) is 0 Å². The van der Waals surface area contributed by atoms with Crippen LogP contribution < -0.4 is 29.7 Å². The summed E-state index contributed by atoms with van der Waals surface area (Å²) in [6.45, 7) is 5.45. The first-order chi connectivity index (χ1) is 8.57. The largest absolute Gasteiger partial charge is 1.00 e. The van der Waals surface area contributed by atoms with E-state index >= 15 is 0 Å². The molecule has 4 bridgehead atoms. The van der Waals surface area contributed by atoms with Crippen molar-refractivity contribution in [2.45, 2.75) is 57.9 Å². The Balaban J connectivity index is 0.00000147. The Morgan fingerprint density at radius 3 is 2.00 bits per heavy atom. The smallest absolute Gasteiger partial charge is 0.272 e. The van der Waals surface area contributed by atoms with Crippen LogP contribution in [0.3, 0.4) is 0 Å². The number of quaternary nitrogens is 1. The van der Waals surface area contributed by atoms with Gasteiger partial charge in [-0.3, -0.25) is 4.79 Å². The van der Waals surface area contributed by atoms with Gasteiger partial charge in [-0.2, -0.15) is 0 Å². The number of hydrogen-bond acceptors (Lipinski definition) is 1. The van der Waals surface area contributed by atoms with E-state index in [2.05, 4.69) is 27.9 Å². The summed E-state index contributed by atoms with van der Waals surface area (Å²) < 4.78 is 0.796. The van der Waals surface area contributed by atoms with Crippen LogP contribution in [-0.2, 0) is 4.79 Å². The Labute approximate surface area is 140 Å². The molecule has 4 saturated carbocycles. The zero-order valence-corrected chi connectivity index (χ0v) is 15.5. The van der Waals surface area contributed by atoms with Gasteiger partial charge in [0.15, 0.2) is 6.54 Å². The van der Waals surface area contributed by atoms with E-state index in [1.54, 1.807) is 0 Å². The lowest BCUT2D eigenvalue weighted by Crippen LogP contribution is -3.00. The fourth-order valence-corrected chi connectivity index (χ4v) is 6.62. The summed E-state index contributed by atoms with van der Waals surface area (Å²) in [5.41, 5.74) is 6.80. The van der Waals surface area contributed by atoms with Crippen LogP contribution in [0.1, 0.15) is 52.4 Å². The highest BCUT2D eigenvalue weighted by molar-refractivity contribution is 5.75. The van der Waals surface area contributed by atoms with Gasteiger partial charge in [0.1, 0.15) is 5.54 Å². The van der Waals surface area contributed by atoms with Crippen molar-refractivity contribution in [3.05, 3.63) is 0 Å². The molecule has 0 aromatic heterocycles. The lowest BCUT2D eigenvalue weighted by molar-refractivity contribution is -0.942. The second kappa shape index (κ2) is 4.58. The molecule has 116 valence electrons. The molecule has 20 heavy (non-hydrogen) atoms. The van der Waals surface area contributed by atoms with Crippen molar-refractivity contribution in [3.63, 3.8) is 0 Å². The predicted octanol–water partition coefficient (Wildman–Crippen LogP) is -0.699. The zero-order chi connectivity index (χ0) is 14.1. The monoisotopic (exact) mass is 392 g/mol. The van der Waals surface area contributed by atoms with Gasteiger partial charge in [-0.25, -0.2) is 0 Å². The number of amides is 1. The Morgan fingerprint density at radius 1 is 1.10 bits per heavy atom. The van der Waals surface area contributed by atoms with Gasteiger partial charge in [-0.15, -0.1) is 0 Å². The van der Waals surface area contributed by atoms with Gasteiger partial charge in [0.25, 0.3) is 5.91 Å². The van der Waals surface area contributed by atoms with Crippen molar-refractivity contribution in [2.75, 3.05) is 20.6 Å². The highest BCUT2D eigenvalue weighted by Crippen LogP contribution is 2.68.